The Hall–Kier alpha value is -1.89. The van der Waals surface area contributed by atoms with Crippen LogP contribution >= 0.6 is 0 Å². The van der Waals surface area contributed by atoms with E-state index in [2.05, 4.69) is 48.6 Å². The fourth-order valence-corrected chi connectivity index (χ4v) is 2.07. The van der Waals surface area contributed by atoms with Gasteiger partial charge in [-0.3, -0.25) is 0 Å². The first-order valence-electron chi connectivity index (χ1n) is 5.83. The molecule has 0 unspecified atom stereocenters. The van der Waals surface area contributed by atoms with Crippen molar-refractivity contribution in [1.82, 2.24) is 0 Å². The number of carbonyl (C=O) groups excluding carboxylic acids is 1. The zero-order valence-corrected chi connectivity index (χ0v) is 10.2. The van der Waals surface area contributed by atoms with Crippen LogP contribution < -0.4 is 0 Å². The highest BCUT2D eigenvalue weighted by Crippen LogP contribution is 2.27. The summed E-state index contributed by atoms with van der Waals surface area (Å²) in [5.74, 6) is 0.167. The lowest BCUT2D eigenvalue weighted by atomic mass is 9.93. The summed E-state index contributed by atoms with van der Waals surface area (Å²) in [7, 11) is 0. The van der Waals surface area contributed by atoms with E-state index in [9.17, 15) is 4.79 Å². The molecule has 86 valence electrons. The number of allylic oxidation sites excluding steroid dienone is 1. The van der Waals surface area contributed by atoms with E-state index < -0.39 is 0 Å². The number of ketones is 1. The van der Waals surface area contributed by atoms with Crippen LogP contribution in [0.5, 0.6) is 0 Å². The maximum atomic E-state index is 9.44. The van der Waals surface area contributed by atoms with Crippen LogP contribution in [-0.2, 0) is 11.2 Å². The Morgan fingerprint density at radius 2 is 1.71 bits per heavy atom. The van der Waals surface area contributed by atoms with E-state index >= 15 is 0 Å². The normalized spacial score (nSPS) is 11.9. The molecule has 0 bridgehead atoms. The van der Waals surface area contributed by atoms with Crippen LogP contribution in [0.3, 0.4) is 0 Å². The highest BCUT2D eigenvalue weighted by atomic mass is 16.1. The second-order valence-corrected chi connectivity index (χ2v) is 4.38. The van der Waals surface area contributed by atoms with Gasteiger partial charge in [0, 0.05) is 0 Å². The SMILES string of the molecule is C1=Cc2cccc3cccc(c23)C1.CC(C)=O. The Labute approximate surface area is 102 Å². The van der Waals surface area contributed by atoms with Gasteiger partial charge in [-0.1, -0.05) is 48.6 Å². The number of rotatable bonds is 0. The molecule has 0 atom stereocenters. The van der Waals surface area contributed by atoms with Crippen molar-refractivity contribution >= 4 is 22.6 Å². The molecular formula is C16H16O. The molecule has 0 heterocycles. The molecule has 2 aromatic rings. The van der Waals surface area contributed by atoms with Crippen molar-refractivity contribution in [3.63, 3.8) is 0 Å². The molecule has 0 amide bonds. The molecule has 0 N–H and O–H groups in total. The Morgan fingerprint density at radius 1 is 1.06 bits per heavy atom. The predicted octanol–water partition coefficient (Wildman–Crippen LogP) is 4.00. The molecular weight excluding hydrogens is 208 g/mol. The van der Waals surface area contributed by atoms with Crippen LogP contribution in [0.15, 0.2) is 42.5 Å². The van der Waals surface area contributed by atoms with Crippen molar-refractivity contribution in [2.45, 2.75) is 20.3 Å². The third-order valence-corrected chi connectivity index (χ3v) is 2.66. The van der Waals surface area contributed by atoms with Crippen LogP contribution in [0.25, 0.3) is 16.8 Å². The largest absolute Gasteiger partial charge is 0.300 e. The quantitative estimate of drug-likeness (QED) is 0.661. The Balaban J connectivity index is 0.000000239. The minimum absolute atomic E-state index is 0.167. The lowest BCUT2D eigenvalue weighted by Gasteiger charge is -2.11. The molecule has 0 aromatic heterocycles. The van der Waals surface area contributed by atoms with E-state index in [1.54, 1.807) is 0 Å². The second-order valence-electron chi connectivity index (χ2n) is 4.38. The lowest BCUT2D eigenvalue weighted by molar-refractivity contribution is -0.114. The van der Waals surface area contributed by atoms with Gasteiger partial charge < -0.3 is 4.79 Å². The van der Waals surface area contributed by atoms with Gasteiger partial charge in [-0.25, -0.2) is 0 Å². The molecule has 2 aromatic carbocycles. The minimum Gasteiger partial charge on any atom is -0.300 e. The van der Waals surface area contributed by atoms with E-state index in [1.807, 2.05) is 0 Å². The van der Waals surface area contributed by atoms with Gasteiger partial charge in [-0.2, -0.15) is 0 Å². The molecule has 0 saturated carbocycles. The molecule has 1 nitrogen and oxygen atoms in total. The van der Waals surface area contributed by atoms with Crippen LogP contribution in [0.4, 0.5) is 0 Å². The van der Waals surface area contributed by atoms with Crippen molar-refractivity contribution < 1.29 is 4.79 Å². The van der Waals surface area contributed by atoms with Crippen molar-refractivity contribution in [2.24, 2.45) is 0 Å². The molecule has 1 aliphatic rings. The zero-order chi connectivity index (χ0) is 12.3. The van der Waals surface area contributed by atoms with Crippen molar-refractivity contribution in [2.75, 3.05) is 0 Å². The van der Waals surface area contributed by atoms with E-state index in [0.29, 0.717) is 0 Å². The topological polar surface area (TPSA) is 17.1 Å². The summed E-state index contributed by atoms with van der Waals surface area (Å²) in [6, 6.07) is 13.0. The molecule has 1 aliphatic carbocycles. The van der Waals surface area contributed by atoms with E-state index in [0.717, 1.165) is 6.42 Å². The maximum Gasteiger partial charge on any atom is 0.126 e. The summed E-state index contributed by atoms with van der Waals surface area (Å²) in [6.45, 7) is 3.06. The molecule has 0 aliphatic heterocycles. The Bertz CT molecular complexity index is 570. The molecule has 1 heteroatoms. The number of benzene rings is 2. The van der Waals surface area contributed by atoms with Crippen molar-refractivity contribution in [1.29, 1.82) is 0 Å². The molecule has 0 radical (unpaired) electrons. The third kappa shape index (κ3) is 2.62. The number of carbonyl (C=O) groups is 1. The van der Waals surface area contributed by atoms with Crippen LogP contribution in [0.2, 0.25) is 0 Å². The first kappa shape index (κ1) is 11.6. The van der Waals surface area contributed by atoms with Gasteiger partial charge in [0.05, 0.1) is 0 Å². The van der Waals surface area contributed by atoms with Gasteiger partial charge >= 0.3 is 0 Å². The summed E-state index contributed by atoms with van der Waals surface area (Å²) in [4.78, 5) is 9.44. The first-order chi connectivity index (χ1) is 8.18. The van der Waals surface area contributed by atoms with E-state index in [1.165, 1.54) is 35.7 Å². The van der Waals surface area contributed by atoms with Crippen molar-refractivity contribution in [3.05, 3.63) is 53.6 Å². The maximum absolute atomic E-state index is 9.44. The first-order valence-corrected chi connectivity index (χ1v) is 5.83. The van der Waals surface area contributed by atoms with Crippen LogP contribution in [0, 0.1) is 0 Å². The highest BCUT2D eigenvalue weighted by molar-refractivity contribution is 5.94. The minimum atomic E-state index is 0.167. The van der Waals surface area contributed by atoms with Crippen LogP contribution in [0.1, 0.15) is 25.0 Å². The van der Waals surface area contributed by atoms with Gasteiger partial charge in [-0.05, 0) is 42.2 Å². The summed E-state index contributed by atoms with van der Waals surface area (Å²) >= 11 is 0. The number of hydrogen-bond donors (Lipinski definition) is 0. The molecule has 0 fully saturated rings. The highest BCUT2D eigenvalue weighted by Gasteiger charge is 2.06. The van der Waals surface area contributed by atoms with Gasteiger partial charge in [0.25, 0.3) is 0 Å². The Kier molecular flexibility index (Phi) is 3.38. The van der Waals surface area contributed by atoms with Gasteiger partial charge in [0.2, 0.25) is 0 Å². The predicted molar refractivity (Wildman–Crippen MR) is 73.0 cm³/mol. The zero-order valence-electron chi connectivity index (χ0n) is 10.2. The third-order valence-electron chi connectivity index (χ3n) is 2.66. The number of hydrogen-bond acceptors (Lipinski definition) is 1. The number of Topliss-reactive ketones (excluding diaryl/α,β-unsaturated/α-hetero) is 1. The van der Waals surface area contributed by atoms with Gasteiger partial charge in [-0.15, -0.1) is 0 Å². The lowest BCUT2D eigenvalue weighted by Crippen LogP contribution is -1.91. The molecule has 0 saturated heterocycles. The fraction of sp³-hybridized carbons (Fsp3) is 0.188. The van der Waals surface area contributed by atoms with E-state index in [-0.39, 0.29) is 5.78 Å². The summed E-state index contributed by atoms with van der Waals surface area (Å²) in [6.07, 6.45) is 5.53. The van der Waals surface area contributed by atoms with Gasteiger partial charge in [0.1, 0.15) is 5.78 Å². The second kappa shape index (κ2) is 4.96. The summed E-state index contributed by atoms with van der Waals surface area (Å²) in [5, 5.41) is 2.80. The molecule has 3 rings (SSSR count). The smallest absolute Gasteiger partial charge is 0.126 e. The van der Waals surface area contributed by atoms with E-state index in [4.69, 9.17) is 0 Å². The average Bonchev–Trinajstić information content (AvgIpc) is 2.30. The summed E-state index contributed by atoms with van der Waals surface area (Å²) < 4.78 is 0. The van der Waals surface area contributed by atoms with Gasteiger partial charge in [0.15, 0.2) is 0 Å². The molecule has 0 spiro atoms. The van der Waals surface area contributed by atoms with Crippen molar-refractivity contribution in [3.8, 4) is 0 Å². The Morgan fingerprint density at radius 3 is 2.41 bits per heavy atom. The van der Waals surface area contributed by atoms with Crippen LogP contribution in [-0.4, -0.2) is 5.78 Å². The monoisotopic (exact) mass is 224 g/mol. The fourth-order valence-electron chi connectivity index (χ4n) is 2.07. The average molecular weight is 224 g/mol. The summed E-state index contributed by atoms with van der Waals surface area (Å²) in [5.41, 5.74) is 2.81. The standard InChI is InChI=1S/C13H10.C3H6O/c1-4-10-6-2-8-12-9-3-7-11(5-1)13(10)12;1-3(2)4/h1-8H,9H2;1-2H3. The molecule has 17 heavy (non-hydrogen) atoms.